The molecule has 3 aromatic rings. The number of methoxy groups -OCH3 is 1. The van der Waals surface area contributed by atoms with Gasteiger partial charge in [-0.05, 0) is 58.0 Å². The third-order valence-corrected chi connectivity index (χ3v) is 14.7. The lowest BCUT2D eigenvalue weighted by atomic mass is 9.73. The number of hydrogen-bond donors (Lipinski definition) is 1. The Hall–Kier alpha value is -2.86. The fraction of sp³-hybridized carbons (Fsp3) is 0.485. The van der Waals surface area contributed by atoms with Crippen molar-refractivity contribution in [2.24, 2.45) is 5.41 Å². The monoisotopic (exact) mass is 574 g/mol. The van der Waals surface area contributed by atoms with Crippen molar-refractivity contribution in [3.63, 3.8) is 0 Å². The van der Waals surface area contributed by atoms with Crippen molar-refractivity contribution in [3.8, 4) is 17.2 Å². The lowest BCUT2D eigenvalue weighted by Crippen LogP contribution is -2.48. The lowest BCUT2D eigenvalue weighted by molar-refractivity contribution is 0.0344. The molecule has 0 atom stereocenters. The number of anilines is 1. The van der Waals surface area contributed by atoms with E-state index in [1.54, 1.807) is 13.2 Å². The van der Waals surface area contributed by atoms with E-state index in [-0.39, 0.29) is 11.2 Å². The molecule has 218 valence electrons. The molecular formula is C33H44BFN2O3Si. The van der Waals surface area contributed by atoms with Crippen LogP contribution in [0, 0.1) is 22.7 Å². The molecule has 41 heavy (non-hydrogen) atoms. The molecule has 0 spiro atoms. The van der Waals surface area contributed by atoms with Crippen molar-refractivity contribution >= 4 is 37.4 Å². The van der Waals surface area contributed by atoms with Gasteiger partial charge in [0, 0.05) is 30.6 Å². The van der Waals surface area contributed by atoms with Gasteiger partial charge in [-0.15, -0.1) is 5.54 Å². The van der Waals surface area contributed by atoms with Gasteiger partial charge in [-0.25, -0.2) is 9.37 Å². The van der Waals surface area contributed by atoms with Gasteiger partial charge in [0.15, 0.2) is 0 Å². The molecule has 5 nitrogen and oxygen atoms in total. The Bertz CT molecular complexity index is 1400. The van der Waals surface area contributed by atoms with Gasteiger partial charge < -0.3 is 19.4 Å². The fourth-order valence-electron chi connectivity index (χ4n) is 6.14. The fourth-order valence-corrected chi connectivity index (χ4v) is 11.4. The molecule has 0 aliphatic carbocycles. The van der Waals surface area contributed by atoms with Gasteiger partial charge in [0.1, 0.15) is 25.5 Å². The van der Waals surface area contributed by atoms with Crippen LogP contribution in [0.1, 0.15) is 66.5 Å². The van der Waals surface area contributed by atoms with Crippen molar-refractivity contribution in [2.75, 3.05) is 25.6 Å². The normalized spacial score (nSPS) is 15.4. The topological polar surface area (TPSA) is 52.6 Å². The van der Waals surface area contributed by atoms with Crippen molar-refractivity contribution in [1.29, 1.82) is 0 Å². The van der Waals surface area contributed by atoms with E-state index in [1.807, 2.05) is 30.3 Å². The highest BCUT2D eigenvalue weighted by Crippen LogP contribution is 2.41. The molecular weight excluding hydrogens is 530 g/mol. The Morgan fingerprint density at radius 2 is 1.61 bits per heavy atom. The van der Waals surface area contributed by atoms with Gasteiger partial charge in [-0.3, -0.25) is 0 Å². The number of nitrogens with zero attached hydrogens (tertiary/aromatic N) is 1. The molecule has 0 saturated carbocycles. The van der Waals surface area contributed by atoms with E-state index in [4.69, 9.17) is 19.0 Å². The first-order valence-electron chi connectivity index (χ1n) is 14.6. The van der Waals surface area contributed by atoms with Crippen LogP contribution in [0.3, 0.4) is 0 Å². The first-order chi connectivity index (χ1) is 19.4. The zero-order valence-electron chi connectivity index (χ0n) is 26.0. The Balaban J connectivity index is 1.84. The van der Waals surface area contributed by atoms with E-state index >= 15 is 4.39 Å². The molecule has 0 bridgehead atoms. The summed E-state index contributed by atoms with van der Waals surface area (Å²) in [6.07, 6.45) is 0. The van der Waals surface area contributed by atoms with Crippen molar-refractivity contribution in [1.82, 2.24) is 4.98 Å². The van der Waals surface area contributed by atoms with Gasteiger partial charge in [0.25, 0.3) is 0 Å². The van der Waals surface area contributed by atoms with Gasteiger partial charge in [-0.1, -0.05) is 73.4 Å². The number of rotatable bonds is 8. The number of halogens is 1. The summed E-state index contributed by atoms with van der Waals surface area (Å²) in [5.41, 5.74) is 7.79. The number of ether oxygens (including phenoxy) is 1. The number of pyridine rings is 1. The largest absolute Gasteiger partial charge is 0.497 e. The Kier molecular flexibility index (Phi) is 9.53. The molecule has 1 aromatic heterocycles. The summed E-state index contributed by atoms with van der Waals surface area (Å²) in [5.74, 6) is 4.51. The van der Waals surface area contributed by atoms with Crippen LogP contribution in [0.2, 0.25) is 16.6 Å². The van der Waals surface area contributed by atoms with Crippen molar-refractivity contribution < 1.29 is 18.4 Å². The highest BCUT2D eigenvalue weighted by molar-refractivity contribution is 6.90. The number of fused-ring (bicyclic) bond motifs is 1. The average Bonchev–Trinajstić information content (AvgIpc) is 2.92. The minimum absolute atomic E-state index is 0.0976. The summed E-state index contributed by atoms with van der Waals surface area (Å²) >= 11 is 0. The third-order valence-electron chi connectivity index (χ3n) is 8.36. The second-order valence-corrected chi connectivity index (χ2v) is 18.5. The van der Waals surface area contributed by atoms with Crippen molar-refractivity contribution in [3.05, 3.63) is 59.4 Å². The smallest absolute Gasteiger partial charge is 0.494 e. The zero-order valence-corrected chi connectivity index (χ0v) is 27.0. The highest BCUT2D eigenvalue weighted by Gasteiger charge is 2.42. The quantitative estimate of drug-likeness (QED) is 0.226. The molecule has 0 radical (unpaired) electrons. The minimum Gasteiger partial charge on any atom is -0.497 e. The Labute approximate surface area is 246 Å². The standard InChI is InChI=1S/C33H44BFN2O3Si/c1-22(2)41(23(3)4,24(5)6)17-16-27-29(35)14-15-30-32(27)28(34-39-20-33(7,8)21-40-34)18-31(37-30)36-19-25-10-12-26(38-9)13-11-25/h10-15,18,22-24H,19-21H2,1-9H3,(H,36,37). The molecule has 1 N–H and O–H groups in total. The van der Waals surface area contributed by atoms with E-state index in [2.05, 4.69) is 72.2 Å². The van der Waals surface area contributed by atoms with Crippen LogP contribution in [0.5, 0.6) is 5.75 Å². The maximum atomic E-state index is 15.7. The molecule has 1 aliphatic heterocycles. The van der Waals surface area contributed by atoms with Gasteiger partial charge in [0.2, 0.25) is 0 Å². The number of nitrogens with one attached hydrogen (secondary N) is 1. The number of hydrogen-bond acceptors (Lipinski definition) is 5. The summed E-state index contributed by atoms with van der Waals surface area (Å²) in [7, 11) is -1.08. The van der Waals surface area contributed by atoms with Crippen LogP contribution < -0.4 is 15.5 Å². The maximum absolute atomic E-state index is 15.7. The molecule has 0 unspecified atom stereocenters. The first-order valence-corrected chi connectivity index (χ1v) is 16.9. The summed E-state index contributed by atoms with van der Waals surface area (Å²) in [5, 5.41) is 4.10. The van der Waals surface area contributed by atoms with Gasteiger partial charge in [-0.2, -0.15) is 0 Å². The molecule has 8 heteroatoms. The van der Waals surface area contributed by atoms with Gasteiger partial charge in [0.05, 0.1) is 18.2 Å². The minimum atomic E-state index is -2.10. The predicted molar refractivity (Wildman–Crippen MR) is 171 cm³/mol. The Morgan fingerprint density at radius 1 is 1.00 bits per heavy atom. The zero-order chi connectivity index (χ0) is 29.9. The Morgan fingerprint density at radius 3 is 2.17 bits per heavy atom. The van der Waals surface area contributed by atoms with E-state index in [9.17, 15) is 0 Å². The predicted octanol–water partition coefficient (Wildman–Crippen LogP) is 7.33. The summed E-state index contributed by atoms with van der Waals surface area (Å²) in [6.45, 7) is 19.4. The van der Waals surface area contributed by atoms with Crippen LogP contribution in [0.15, 0.2) is 42.5 Å². The average molecular weight is 575 g/mol. The second-order valence-electron chi connectivity index (χ2n) is 12.9. The molecule has 4 rings (SSSR count). The van der Waals surface area contributed by atoms with Crippen molar-refractivity contribution in [2.45, 2.75) is 78.6 Å². The molecule has 1 aliphatic rings. The van der Waals surface area contributed by atoms with Crippen LogP contribution >= 0.6 is 0 Å². The highest BCUT2D eigenvalue weighted by atomic mass is 28.3. The van der Waals surface area contributed by atoms with Crippen LogP contribution in [0.4, 0.5) is 10.2 Å². The van der Waals surface area contributed by atoms with Crippen LogP contribution in [-0.2, 0) is 15.9 Å². The second kappa shape index (κ2) is 12.6. The van der Waals surface area contributed by atoms with E-state index < -0.39 is 15.2 Å². The van der Waals surface area contributed by atoms with E-state index in [0.29, 0.717) is 58.7 Å². The molecule has 2 heterocycles. The molecule has 1 fully saturated rings. The van der Waals surface area contributed by atoms with Gasteiger partial charge >= 0.3 is 7.12 Å². The van der Waals surface area contributed by atoms with Crippen LogP contribution in [0.25, 0.3) is 10.9 Å². The molecule has 2 aromatic carbocycles. The maximum Gasteiger partial charge on any atom is 0.494 e. The van der Waals surface area contributed by atoms with E-state index in [1.165, 1.54) is 6.07 Å². The first kappa shape index (κ1) is 31.1. The summed E-state index contributed by atoms with van der Waals surface area (Å²) < 4.78 is 33.4. The molecule has 0 amide bonds. The van der Waals surface area contributed by atoms with E-state index in [0.717, 1.165) is 16.8 Å². The number of benzene rings is 2. The summed E-state index contributed by atoms with van der Waals surface area (Å²) in [4.78, 5) is 4.89. The lowest BCUT2D eigenvalue weighted by Gasteiger charge is -2.38. The SMILES string of the molecule is COc1ccc(CNc2cc(B3OCC(C)(C)CO3)c3c(C#C[Si](C(C)C)(C(C)C)C(C)C)c(F)ccc3n2)cc1. The molecule has 1 saturated heterocycles. The number of aromatic nitrogens is 1. The van der Waals surface area contributed by atoms with Crippen LogP contribution in [-0.4, -0.2) is 40.5 Å². The third kappa shape index (κ3) is 6.64. The summed E-state index contributed by atoms with van der Waals surface area (Å²) in [6, 6.07) is 13.0.